The molecular formula is C26H49FO12. The van der Waals surface area contributed by atoms with Crippen molar-refractivity contribution in [3.05, 3.63) is 12.2 Å². The normalized spacial score (nSPS) is 11.2. The van der Waals surface area contributed by atoms with E-state index in [9.17, 15) is 9.18 Å². The molecule has 0 unspecified atom stereocenters. The molecule has 0 fully saturated rings. The third-order valence-corrected chi connectivity index (χ3v) is 4.38. The number of hydrogen-bond donors (Lipinski definition) is 0. The first-order valence-electron chi connectivity index (χ1n) is 13.3. The Morgan fingerprint density at radius 1 is 0.436 bits per heavy atom. The average Bonchev–Trinajstić information content (AvgIpc) is 2.93. The van der Waals surface area contributed by atoms with Crippen LogP contribution in [0.5, 0.6) is 0 Å². The van der Waals surface area contributed by atoms with Gasteiger partial charge in [0.1, 0.15) is 13.3 Å². The van der Waals surface area contributed by atoms with Crippen LogP contribution in [0.4, 0.5) is 4.39 Å². The smallest absolute Gasteiger partial charge is 0.333 e. The molecule has 0 aromatic rings. The predicted molar refractivity (Wildman–Crippen MR) is 140 cm³/mol. The predicted octanol–water partition coefficient (Wildman–Crippen LogP) is 1.24. The fourth-order valence-corrected chi connectivity index (χ4v) is 2.45. The van der Waals surface area contributed by atoms with Gasteiger partial charge in [-0.1, -0.05) is 6.58 Å². The largest absolute Gasteiger partial charge is 0.460 e. The number of rotatable bonds is 33. The molecule has 0 heterocycles. The monoisotopic (exact) mass is 572 g/mol. The minimum Gasteiger partial charge on any atom is -0.460 e. The van der Waals surface area contributed by atoms with Crippen LogP contribution in [0.1, 0.15) is 6.92 Å². The molecule has 0 aliphatic carbocycles. The lowest BCUT2D eigenvalue weighted by Gasteiger charge is -2.09. The Morgan fingerprint density at radius 3 is 0.846 bits per heavy atom. The Hall–Kier alpha value is -1.26. The Bertz CT molecular complexity index is 527. The van der Waals surface area contributed by atoms with E-state index in [0.717, 1.165) is 0 Å². The van der Waals surface area contributed by atoms with Crippen molar-refractivity contribution >= 4 is 5.97 Å². The van der Waals surface area contributed by atoms with Crippen LogP contribution < -0.4 is 0 Å². The number of carbonyl (C=O) groups is 1. The van der Waals surface area contributed by atoms with Crippen molar-refractivity contribution in [1.29, 1.82) is 0 Å². The molecule has 0 aromatic carbocycles. The summed E-state index contributed by atoms with van der Waals surface area (Å²) >= 11 is 0. The number of carbonyl (C=O) groups excluding carboxylic acids is 1. The maximum Gasteiger partial charge on any atom is 0.333 e. The van der Waals surface area contributed by atoms with Gasteiger partial charge in [0.05, 0.1) is 132 Å². The van der Waals surface area contributed by atoms with Gasteiger partial charge in [-0.25, -0.2) is 9.18 Å². The Balaban J connectivity index is 3.06. The van der Waals surface area contributed by atoms with Gasteiger partial charge in [-0.15, -0.1) is 0 Å². The summed E-state index contributed by atoms with van der Waals surface area (Å²) in [6.45, 7) is 13.7. The maximum atomic E-state index is 11.8. The topological polar surface area (TPSA) is 119 Å². The molecule has 0 rings (SSSR count). The van der Waals surface area contributed by atoms with Gasteiger partial charge in [-0.3, -0.25) is 0 Å². The lowest BCUT2D eigenvalue weighted by Crippen LogP contribution is -2.15. The van der Waals surface area contributed by atoms with E-state index in [-0.39, 0.29) is 13.2 Å². The van der Waals surface area contributed by atoms with Crippen LogP contribution in [-0.4, -0.2) is 151 Å². The molecule has 0 N–H and O–H groups in total. The molecular weight excluding hydrogens is 523 g/mol. The van der Waals surface area contributed by atoms with Gasteiger partial charge in [-0.2, -0.15) is 0 Å². The SMILES string of the molecule is C=C(C)C(=O)OCCOCCOCCOCCOCCOCCOCCOCCOCCOCCOCCF. The molecule has 0 atom stereocenters. The van der Waals surface area contributed by atoms with Gasteiger partial charge in [0.2, 0.25) is 0 Å². The summed E-state index contributed by atoms with van der Waals surface area (Å²) in [5.41, 5.74) is 0.367. The third-order valence-electron chi connectivity index (χ3n) is 4.38. The van der Waals surface area contributed by atoms with Crippen molar-refractivity contribution in [2.75, 3.05) is 145 Å². The minimum atomic E-state index is -0.478. The van der Waals surface area contributed by atoms with Crippen LogP contribution in [0.15, 0.2) is 12.2 Å². The van der Waals surface area contributed by atoms with Crippen LogP contribution in [0.2, 0.25) is 0 Å². The van der Waals surface area contributed by atoms with Crippen LogP contribution in [0.25, 0.3) is 0 Å². The highest BCUT2D eigenvalue weighted by molar-refractivity contribution is 5.86. The van der Waals surface area contributed by atoms with E-state index in [1.165, 1.54) is 0 Å². The summed E-state index contributed by atoms with van der Waals surface area (Å²) in [7, 11) is 0. The molecule has 0 amide bonds. The van der Waals surface area contributed by atoms with E-state index >= 15 is 0 Å². The number of alkyl halides is 1. The summed E-state index contributed by atoms with van der Waals surface area (Å²) in [6, 6.07) is 0. The molecule has 0 aliphatic heterocycles. The molecule has 0 saturated heterocycles. The number of halogens is 1. The Morgan fingerprint density at radius 2 is 0.641 bits per heavy atom. The lowest BCUT2D eigenvalue weighted by molar-refractivity contribution is -0.140. The Labute approximate surface area is 232 Å². The minimum absolute atomic E-state index is 0.110. The highest BCUT2D eigenvalue weighted by Gasteiger charge is 2.02. The number of esters is 1. The van der Waals surface area contributed by atoms with Crippen LogP contribution >= 0.6 is 0 Å². The van der Waals surface area contributed by atoms with Crippen LogP contribution in [0.3, 0.4) is 0 Å². The quantitative estimate of drug-likeness (QED) is 0.0640. The summed E-state index contributed by atoms with van der Waals surface area (Å²) in [6.07, 6.45) is 0. The van der Waals surface area contributed by atoms with Crippen molar-refractivity contribution in [2.24, 2.45) is 0 Å². The van der Waals surface area contributed by atoms with Crippen molar-refractivity contribution in [3.8, 4) is 0 Å². The van der Waals surface area contributed by atoms with Gasteiger partial charge >= 0.3 is 5.97 Å². The maximum absolute atomic E-state index is 11.8. The molecule has 0 radical (unpaired) electrons. The first kappa shape index (κ1) is 37.7. The highest BCUT2D eigenvalue weighted by Crippen LogP contribution is 1.92. The number of hydrogen-bond acceptors (Lipinski definition) is 12. The molecule has 0 saturated carbocycles. The van der Waals surface area contributed by atoms with Gasteiger partial charge in [0.15, 0.2) is 0 Å². The van der Waals surface area contributed by atoms with Crippen LogP contribution in [0, 0.1) is 0 Å². The second-order valence-electron chi connectivity index (χ2n) is 7.73. The first-order valence-corrected chi connectivity index (χ1v) is 13.3. The van der Waals surface area contributed by atoms with Gasteiger partial charge in [-0.05, 0) is 6.92 Å². The zero-order valence-corrected chi connectivity index (χ0v) is 23.5. The average molecular weight is 573 g/mol. The highest BCUT2D eigenvalue weighted by atomic mass is 19.1. The van der Waals surface area contributed by atoms with E-state index in [2.05, 4.69) is 6.58 Å². The molecule has 0 aromatic heterocycles. The van der Waals surface area contributed by atoms with E-state index in [1.54, 1.807) is 6.92 Å². The summed E-state index contributed by atoms with van der Waals surface area (Å²) in [5.74, 6) is -0.415. The first-order chi connectivity index (χ1) is 19.2. The van der Waals surface area contributed by atoms with Crippen LogP contribution in [-0.2, 0) is 56.9 Å². The fourth-order valence-electron chi connectivity index (χ4n) is 2.45. The fraction of sp³-hybridized carbons (Fsp3) is 0.885. The zero-order valence-electron chi connectivity index (χ0n) is 23.5. The molecule has 39 heavy (non-hydrogen) atoms. The molecule has 0 aliphatic rings. The second-order valence-corrected chi connectivity index (χ2v) is 7.73. The van der Waals surface area contributed by atoms with Crippen molar-refractivity contribution in [1.82, 2.24) is 0 Å². The summed E-state index contributed by atoms with van der Waals surface area (Å²) in [5, 5.41) is 0. The number of ether oxygens (including phenoxy) is 11. The van der Waals surface area contributed by atoms with E-state index in [4.69, 9.17) is 52.1 Å². The van der Waals surface area contributed by atoms with E-state index in [0.29, 0.717) is 131 Å². The molecule has 12 nitrogen and oxygen atoms in total. The van der Waals surface area contributed by atoms with E-state index < -0.39 is 12.6 Å². The van der Waals surface area contributed by atoms with Gasteiger partial charge in [0.25, 0.3) is 0 Å². The standard InChI is InChI=1S/C26H49FO12/c1-25(2)26(28)39-24-23-38-22-21-37-20-19-36-18-17-35-16-15-34-14-13-33-12-11-32-10-9-31-8-7-30-6-5-29-4-3-27/h1,3-24H2,2H3. The third kappa shape index (κ3) is 32.8. The molecule has 13 heteroatoms. The lowest BCUT2D eigenvalue weighted by atomic mass is 10.4. The summed E-state index contributed by atoms with van der Waals surface area (Å²) < 4.78 is 70.1. The molecule has 0 spiro atoms. The zero-order chi connectivity index (χ0) is 28.5. The van der Waals surface area contributed by atoms with Crippen molar-refractivity contribution < 1.29 is 61.3 Å². The second kappa shape index (κ2) is 32.9. The van der Waals surface area contributed by atoms with Gasteiger partial charge in [0, 0.05) is 5.57 Å². The van der Waals surface area contributed by atoms with Gasteiger partial charge < -0.3 is 52.1 Å². The molecule has 0 bridgehead atoms. The molecule has 232 valence electrons. The van der Waals surface area contributed by atoms with Crippen molar-refractivity contribution in [3.63, 3.8) is 0 Å². The Kier molecular flexibility index (Phi) is 31.9. The van der Waals surface area contributed by atoms with Crippen molar-refractivity contribution in [2.45, 2.75) is 6.92 Å². The van der Waals surface area contributed by atoms with E-state index in [1.807, 2.05) is 0 Å². The summed E-state index contributed by atoms with van der Waals surface area (Å²) in [4.78, 5) is 11.2.